The first kappa shape index (κ1) is 31.5. The van der Waals surface area contributed by atoms with E-state index in [0.717, 1.165) is 33.1 Å². The van der Waals surface area contributed by atoms with Gasteiger partial charge in [0.15, 0.2) is 11.5 Å². The number of sulfonamides is 1. The third-order valence-corrected chi connectivity index (χ3v) is 9.22. The molecule has 0 unspecified atom stereocenters. The van der Waals surface area contributed by atoms with Crippen molar-refractivity contribution in [3.8, 4) is 11.5 Å². The van der Waals surface area contributed by atoms with Crippen LogP contribution in [-0.2, 0) is 32.6 Å². The van der Waals surface area contributed by atoms with Crippen molar-refractivity contribution in [2.75, 3.05) is 31.1 Å². The lowest BCUT2D eigenvalue weighted by Gasteiger charge is -2.33. The maximum Gasteiger partial charge on any atom is 0.264 e. The molecule has 1 N–H and O–H groups in total. The van der Waals surface area contributed by atoms with Gasteiger partial charge in [-0.2, -0.15) is 0 Å². The fourth-order valence-electron chi connectivity index (χ4n) is 5.18. The fourth-order valence-corrected chi connectivity index (χ4v) is 6.61. The summed E-state index contributed by atoms with van der Waals surface area (Å²) in [5, 5.41) is 2.66. The lowest BCUT2D eigenvalue weighted by molar-refractivity contribution is -0.139. The van der Waals surface area contributed by atoms with Gasteiger partial charge in [0.1, 0.15) is 31.6 Å². The minimum atomic E-state index is -4.39. The highest BCUT2D eigenvalue weighted by atomic mass is 32.2. The standard InChI is InChI=1S/C34H34FN3O6S/c1-24-7-6-10-26(19-24)22-37(30(34(40)36-2)20-25-8-4-3-5-9-25)33(39)23-38(28-13-11-27(35)12-14-28)45(41,42)29-15-16-31-32(21-29)44-18-17-43-31/h3-16,19,21,30H,17-18,20,22-23H2,1-2H3,(H,36,40)/t30-/m0/s1. The quantitative estimate of drug-likeness (QED) is 0.262. The predicted octanol–water partition coefficient (Wildman–Crippen LogP) is 4.49. The molecule has 0 aromatic heterocycles. The summed E-state index contributed by atoms with van der Waals surface area (Å²) in [6, 6.07) is 24.9. The summed E-state index contributed by atoms with van der Waals surface area (Å²) in [4.78, 5) is 29.0. The Morgan fingerprint density at radius 1 is 0.867 bits per heavy atom. The Morgan fingerprint density at radius 2 is 1.56 bits per heavy atom. The summed E-state index contributed by atoms with van der Waals surface area (Å²) in [6.45, 7) is 1.91. The van der Waals surface area contributed by atoms with Gasteiger partial charge < -0.3 is 19.7 Å². The van der Waals surface area contributed by atoms with Crippen LogP contribution in [0.25, 0.3) is 0 Å². The Hall–Kier alpha value is -4.90. The number of nitrogens with one attached hydrogen (secondary N) is 1. The van der Waals surface area contributed by atoms with Gasteiger partial charge in [-0.1, -0.05) is 60.2 Å². The van der Waals surface area contributed by atoms with Crippen molar-refractivity contribution in [3.05, 3.63) is 120 Å². The van der Waals surface area contributed by atoms with Gasteiger partial charge in [0.05, 0.1) is 10.6 Å². The first-order valence-electron chi connectivity index (χ1n) is 14.4. The van der Waals surface area contributed by atoms with Crippen molar-refractivity contribution in [2.24, 2.45) is 0 Å². The zero-order chi connectivity index (χ0) is 32.0. The number of carbonyl (C=O) groups is 2. The molecule has 2 amide bonds. The number of hydrogen-bond acceptors (Lipinski definition) is 6. The maximum absolute atomic E-state index is 14.4. The first-order chi connectivity index (χ1) is 21.7. The van der Waals surface area contributed by atoms with Gasteiger partial charge in [-0.25, -0.2) is 12.8 Å². The van der Waals surface area contributed by atoms with Crippen molar-refractivity contribution in [3.63, 3.8) is 0 Å². The van der Waals surface area contributed by atoms with Crippen molar-refractivity contribution < 1.29 is 31.9 Å². The van der Waals surface area contributed by atoms with Crippen LogP contribution in [0.2, 0.25) is 0 Å². The van der Waals surface area contributed by atoms with Crippen molar-refractivity contribution >= 4 is 27.5 Å². The summed E-state index contributed by atoms with van der Waals surface area (Å²) >= 11 is 0. The van der Waals surface area contributed by atoms with E-state index >= 15 is 0 Å². The van der Waals surface area contributed by atoms with Crippen LogP contribution in [0.3, 0.4) is 0 Å². The van der Waals surface area contributed by atoms with E-state index in [0.29, 0.717) is 12.4 Å². The second-order valence-electron chi connectivity index (χ2n) is 10.6. The predicted molar refractivity (Wildman–Crippen MR) is 168 cm³/mol. The molecule has 1 heterocycles. The average Bonchev–Trinajstić information content (AvgIpc) is 3.05. The monoisotopic (exact) mass is 631 g/mol. The molecule has 4 aromatic carbocycles. The van der Waals surface area contributed by atoms with E-state index in [1.54, 1.807) is 0 Å². The molecule has 0 fully saturated rings. The van der Waals surface area contributed by atoms with Crippen LogP contribution in [0.5, 0.6) is 11.5 Å². The number of rotatable bonds is 11. The highest BCUT2D eigenvalue weighted by Gasteiger charge is 2.35. The smallest absolute Gasteiger partial charge is 0.264 e. The molecular weight excluding hydrogens is 597 g/mol. The molecule has 45 heavy (non-hydrogen) atoms. The summed E-state index contributed by atoms with van der Waals surface area (Å²) in [7, 11) is -2.90. The summed E-state index contributed by atoms with van der Waals surface area (Å²) in [5.41, 5.74) is 2.64. The van der Waals surface area contributed by atoms with E-state index in [4.69, 9.17) is 9.47 Å². The van der Waals surface area contributed by atoms with Crippen LogP contribution >= 0.6 is 0 Å². The van der Waals surface area contributed by atoms with Crippen LogP contribution in [-0.4, -0.2) is 58.0 Å². The maximum atomic E-state index is 14.4. The van der Waals surface area contributed by atoms with Gasteiger partial charge >= 0.3 is 0 Å². The minimum absolute atomic E-state index is 0.0484. The largest absolute Gasteiger partial charge is 0.486 e. The molecule has 1 aliphatic rings. The Labute approximate surface area is 262 Å². The normalized spacial score (nSPS) is 13.0. The van der Waals surface area contributed by atoms with Gasteiger partial charge in [0, 0.05) is 26.1 Å². The van der Waals surface area contributed by atoms with Crippen molar-refractivity contribution in [1.29, 1.82) is 0 Å². The highest BCUT2D eigenvalue weighted by Crippen LogP contribution is 2.34. The van der Waals surface area contributed by atoms with Crippen LogP contribution in [0.15, 0.2) is 102 Å². The van der Waals surface area contributed by atoms with Crippen LogP contribution in [0, 0.1) is 12.7 Å². The van der Waals surface area contributed by atoms with E-state index in [1.807, 2.05) is 61.5 Å². The Kier molecular flexibility index (Phi) is 9.68. The van der Waals surface area contributed by atoms with Gasteiger partial charge in [0.25, 0.3) is 10.0 Å². The molecular formula is C34H34FN3O6S. The molecule has 11 heteroatoms. The van der Waals surface area contributed by atoms with Crippen LogP contribution < -0.4 is 19.1 Å². The SMILES string of the molecule is CNC(=O)[C@H](Cc1ccccc1)N(Cc1cccc(C)c1)C(=O)CN(c1ccc(F)cc1)S(=O)(=O)c1ccc2c(c1)OCCO2. The number of fused-ring (bicyclic) bond motifs is 1. The first-order valence-corrected chi connectivity index (χ1v) is 15.9. The number of carbonyl (C=O) groups excluding carboxylic acids is 2. The zero-order valence-corrected chi connectivity index (χ0v) is 25.8. The number of nitrogens with zero attached hydrogens (tertiary/aromatic N) is 2. The molecule has 234 valence electrons. The molecule has 1 atom stereocenters. The number of ether oxygens (including phenoxy) is 2. The lowest BCUT2D eigenvalue weighted by atomic mass is 10.0. The second kappa shape index (κ2) is 13.8. The summed E-state index contributed by atoms with van der Waals surface area (Å²) in [5.74, 6) is -0.917. The van der Waals surface area contributed by atoms with Crippen molar-refractivity contribution in [2.45, 2.75) is 30.8 Å². The van der Waals surface area contributed by atoms with E-state index in [2.05, 4.69) is 5.32 Å². The molecule has 4 aromatic rings. The molecule has 9 nitrogen and oxygen atoms in total. The van der Waals surface area contributed by atoms with Gasteiger partial charge in [-0.3, -0.25) is 13.9 Å². The summed E-state index contributed by atoms with van der Waals surface area (Å²) in [6.07, 6.45) is 0.198. The number of aryl methyl sites for hydroxylation is 1. The number of amides is 2. The third kappa shape index (κ3) is 7.43. The molecule has 0 aliphatic carbocycles. The number of likely N-dealkylation sites (N-methyl/N-ethyl adjacent to an activating group) is 1. The van der Waals surface area contributed by atoms with E-state index in [1.165, 1.54) is 42.3 Å². The van der Waals surface area contributed by atoms with Gasteiger partial charge in [-0.15, -0.1) is 0 Å². The highest BCUT2D eigenvalue weighted by molar-refractivity contribution is 7.92. The Bertz CT molecular complexity index is 1770. The van der Waals surface area contributed by atoms with Gasteiger partial charge in [0.2, 0.25) is 11.8 Å². The molecule has 0 saturated heterocycles. The van der Waals surface area contributed by atoms with Crippen LogP contribution in [0.4, 0.5) is 10.1 Å². The second-order valence-corrected chi connectivity index (χ2v) is 12.5. The van der Waals surface area contributed by atoms with Crippen molar-refractivity contribution in [1.82, 2.24) is 10.2 Å². The number of benzene rings is 4. The van der Waals surface area contributed by atoms with E-state index in [-0.39, 0.29) is 35.9 Å². The molecule has 0 bridgehead atoms. The molecule has 0 spiro atoms. The molecule has 0 saturated carbocycles. The molecule has 5 rings (SSSR count). The molecule has 1 aliphatic heterocycles. The van der Waals surface area contributed by atoms with E-state index in [9.17, 15) is 22.4 Å². The van der Waals surface area contributed by atoms with Gasteiger partial charge in [-0.05, 0) is 54.4 Å². The number of halogens is 1. The lowest BCUT2D eigenvalue weighted by Crippen LogP contribution is -2.53. The Morgan fingerprint density at radius 3 is 2.24 bits per heavy atom. The fraction of sp³-hybridized carbons (Fsp3) is 0.235. The van der Waals surface area contributed by atoms with E-state index < -0.39 is 40.2 Å². The van der Waals surface area contributed by atoms with Crippen LogP contribution in [0.1, 0.15) is 16.7 Å². The number of hydrogen-bond donors (Lipinski definition) is 1. The minimum Gasteiger partial charge on any atom is -0.486 e. The zero-order valence-electron chi connectivity index (χ0n) is 25.0. The third-order valence-electron chi connectivity index (χ3n) is 7.45. The molecule has 0 radical (unpaired) electrons. The topological polar surface area (TPSA) is 105 Å². The average molecular weight is 632 g/mol. The number of anilines is 1. The summed E-state index contributed by atoms with van der Waals surface area (Å²) < 4.78 is 54.4. The Balaban J connectivity index is 1.56.